The highest BCUT2D eigenvalue weighted by atomic mass is 16.6. The summed E-state index contributed by atoms with van der Waals surface area (Å²) in [6, 6.07) is 0. The highest BCUT2D eigenvalue weighted by Crippen LogP contribution is 2.25. The van der Waals surface area contributed by atoms with Crippen molar-refractivity contribution >= 4 is 5.97 Å². The molecule has 14 heavy (non-hydrogen) atoms. The van der Waals surface area contributed by atoms with E-state index < -0.39 is 5.97 Å². The van der Waals surface area contributed by atoms with Crippen molar-refractivity contribution in [3.8, 4) is 0 Å². The molecule has 0 radical (unpaired) electrons. The van der Waals surface area contributed by atoms with Gasteiger partial charge in [-0.3, -0.25) is 4.79 Å². The van der Waals surface area contributed by atoms with Crippen molar-refractivity contribution in [2.45, 2.75) is 33.3 Å². The molecule has 0 aromatic heterocycles. The minimum atomic E-state index is -0.752. The van der Waals surface area contributed by atoms with Crippen molar-refractivity contribution < 1.29 is 14.6 Å². The summed E-state index contributed by atoms with van der Waals surface area (Å²) in [5.74, 6) is -0.746. The second kappa shape index (κ2) is 4.60. The lowest BCUT2D eigenvalue weighted by molar-refractivity contribution is -0.139. The molecule has 3 heteroatoms. The van der Waals surface area contributed by atoms with Gasteiger partial charge in [0.25, 0.3) is 0 Å². The van der Waals surface area contributed by atoms with Gasteiger partial charge in [0.2, 0.25) is 0 Å². The lowest BCUT2D eigenvalue weighted by Crippen LogP contribution is -2.14. The Bertz CT molecular complexity index is 239. The zero-order valence-electron chi connectivity index (χ0n) is 8.99. The molecule has 1 N–H and O–H groups in total. The Balaban J connectivity index is 2.63. The number of hydrogen-bond donors (Lipinski definition) is 1. The Morgan fingerprint density at radius 1 is 1.57 bits per heavy atom. The fourth-order valence-electron chi connectivity index (χ4n) is 1.42. The molecular weight excluding hydrogens is 180 g/mol. The lowest BCUT2D eigenvalue weighted by atomic mass is 9.94. The first-order valence-electron chi connectivity index (χ1n) is 5.05. The van der Waals surface area contributed by atoms with Crippen LogP contribution in [0.2, 0.25) is 0 Å². The molecule has 3 nitrogen and oxygen atoms in total. The molecule has 1 saturated heterocycles. The van der Waals surface area contributed by atoms with Crippen LogP contribution in [0.3, 0.4) is 0 Å². The van der Waals surface area contributed by atoms with Crippen molar-refractivity contribution in [3.63, 3.8) is 0 Å². The van der Waals surface area contributed by atoms with Crippen LogP contribution in [0.15, 0.2) is 11.6 Å². The first kappa shape index (κ1) is 11.2. The van der Waals surface area contributed by atoms with Crippen LogP contribution in [0, 0.1) is 11.8 Å². The number of allylic oxidation sites excluding steroid dienone is 1. The second-order valence-corrected chi connectivity index (χ2v) is 4.20. The Kier molecular flexibility index (Phi) is 3.69. The van der Waals surface area contributed by atoms with Gasteiger partial charge in [-0.25, -0.2) is 0 Å². The van der Waals surface area contributed by atoms with Gasteiger partial charge >= 0.3 is 5.97 Å². The minimum Gasteiger partial charge on any atom is -0.481 e. The van der Waals surface area contributed by atoms with Gasteiger partial charge in [0.1, 0.15) is 0 Å². The van der Waals surface area contributed by atoms with Gasteiger partial charge in [0.15, 0.2) is 0 Å². The number of hydrogen-bond acceptors (Lipinski definition) is 2. The van der Waals surface area contributed by atoms with E-state index in [0.717, 1.165) is 18.6 Å². The van der Waals surface area contributed by atoms with Gasteiger partial charge in [-0.2, -0.15) is 0 Å². The Labute approximate surface area is 84.8 Å². The molecule has 0 aromatic carbocycles. The minimum absolute atomic E-state index is 0.266. The monoisotopic (exact) mass is 198 g/mol. The smallest absolute Gasteiger partial charge is 0.310 e. The van der Waals surface area contributed by atoms with Gasteiger partial charge < -0.3 is 9.84 Å². The molecule has 0 amide bonds. The maximum atomic E-state index is 10.8. The number of ether oxygens (including phenoxy) is 1. The predicted molar refractivity (Wildman–Crippen MR) is 54.1 cm³/mol. The zero-order chi connectivity index (χ0) is 10.7. The van der Waals surface area contributed by atoms with Crippen LogP contribution in [0.5, 0.6) is 0 Å². The molecule has 1 heterocycles. The molecule has 2 atom stereocenters. The third kappa shape index (κ3) is 3.50. The second-order valence-electron chi connectivity index (χ2n) is 4.20. The third-order valence-corrected chi connectivity index (χ3v) is 2.34. The largest absolute Gasteiger partial charge is 0.481 e. The third-order valence-electron chi connectivity index (χ3n) is 2.34. The average molecular weight is 198 g/mol. The standard InChI is InChI=1S/C11H18O3/c1-7(2)4-9(5-10-6-14-10)8(3)11(12)13/h4,7-8,10H,5-6H2,1-3H3,(H,12,13). The number of carbonyl (C=O) groups is 1. The molecule has 1 rings (SSSR count). The molecule has 1 aliphatic heterocycles. The Morgan fingerprint density at radius 3 is 2.50 bits per heavy atom. The van der Waals surface area contributed by atoms with Crippen molar-refractivity contribution in [2.24, 2.45) is 11.8 Å². The average Bonchev–Trinajstić information content (AvgIpc) is 2.84. The van der Waals surface area contributed by atoms with E-state index in [1.807, 2.05) is 6.08 Å². The molecule has 0 aromatic rings. The van der Waals surface area contributed by atoms with Crippen molar-refractivity contribution in [1.29, 1.82) is 0 Å². The highest BCUT2D eigenvalue weighted by molar-refractivity contribution is 5.73. The van der Waals surface area contributed by atoms with E-state index in [2.05, 4.69) is 13.8 Å². The lowest BCUT2D eigenvalue weighted by Gasteiger charge is -2.12. The van der Waals surface area contributed by atoms with Crippen molar-refractivity contribution in [1.82, 2.24) is 0 Å². The van der Waals surface area contributed by atoms with Crippen LogP contribution in [0.4, 0.5) is 0 Å². The van der Waals surface area contributed by atoms with E-state index in [1.165, 1.54) is 0 Å². The SMILES string of the molecule is CC(C)C=C(CC1CO1)C(C)C(=O)O. The van der Waals surface area contributed by atoms with Gasteiger partial charge in [-0.15, -0.1) is 0 Å². The molecule has 1 aliphatic rings. The van der Waals surface area contributed by atoms with E-state index in [1.54, 1.807) is 6.92 Å². The molecule has 0 saturated carbocycles. The molecule has 80 valence electrons. The summed E-state index contributed by atoms with van der Waals surface area (Å²) >= 11 is 0. The number of rotatable bonds is 5. The number of carboxylic acid groups (broad SMARTS) is 1. The van der Waals surface area contributed by atoms with Crippen molar-refractivity contribution in [2.75, 3.05) is 6.61 Å². The Morgan fingerprint density at radius 2 is 2.14 bits per heavy atom. The van der Waals surface area contributed by atoms with E-state index in [9.17, 15) is 4.79 Å². The van der Waals surface area contributed by atoms with E-state index in [4.69, 9.17) is 9.84 Å². The van der Waals surface area contributed by atoms with Gasteiger partial charge in [0, 0.05) is 0 Å². The van der Waals surface area contributed by atoms with Crippen LogP contribution in [0.1, 0.15) is 27.2 Å². The normalized spacial score (nSPS) is 23.7. The molecule has 0 spiro atoms. The fourth-order valence-corrected chi connectivity index (χ4v) is 1.42. The fraction of sp³-hybridized carbons (Fsp3) is 0.727. The van der Waals surface area contributed by atoms with Crippen LogP contribution in [0.25, 0.3) is 0 Å². The summed E-state index contributed by atoms with van der Waals surface area (Å²) in [6.07, 6.45) is 3.08. The number of epoxide rings is 1. The van der Waals surface area contributed by atoms with Gasteiger partial charge in [-0.05, 0) is 19.3 Å². The first-order chi connectivity index (χ1) is 6.50. The number of aliphatic carboxylic acids is 1. The maximum Gasteiger partial charge on any atom is 0.310 e. The highest BCUT2D eigenvalue weighted by Gasteiger charge is 2.27. The first-order valence-corrected chi connectivity index (χ1v) is 5.05. The van der Waals surface area contributed by atoms with E-state index in [-0.39, 0.29) is 12.0 Å². The summed E-state index contributed by atoms with van der Waals surface area (Å²) < 4.78 is 5.12. The molecule has 1 fully saturated rings. The van der Waals surface area contributed by atoms with Crippen molar-refractivity contribution in [3.05, 3.63) is 11.6 Å². The van der Waals surface area contributed by atoms with E-state index >= 15 is 0 Å². The van der Waals surface area contributed by atoms with Crippen LogP contribution in [-0.2, 0) is 9.53 Å². The quantitative estimate of drug-likeness (QED) is 0.543. The van der Waals surface area contributed by atoms with Crippen LogP contribution < -0.4 is 0 Å². The number of carboxylic acids is 1. The zero-order valence-corrected chi connectivity index (χ0v) is 8.99. The van der Waals surface area contributed by atoms with Crippen LogP contribution >= 0.6 is 0 Å². The summed E-state index contributed by atoms with van der Waals surface area (Å²) in [5.41, 5.74) is 0.995. The summed E-state index contributed by atoms with van der Waals surface area (Å²) in [6.45, 7) is 6.63. The summed E-state index contributed by atoms with van der Waals surface area (Å²) in [4.78, 5) is 10.8. The van der Waals surface area contributed by atoms with Gasteiger partial charge in [-0.1, -0.05) is 25.5 Å². The van der Waals surface area contributed by atoms with Crippen LogP contribution in [-0.4, -0.2) is 23.8 Å². The Hall–Kier alpha value is -0.830. The topological polar surface area (TPSA) is 49.8 Å². The van der Waals surface area contributed by atoms with E-state index in [0.29, 0.717) is 5.92 Å². The molecule has 0 aliphatic carbocycles. The molecule has 0 bridgehead atoms. The summed E-state index contributed by atoms with van der Waals surface area (Å²) in [5, 5.41) is 8.92. The molecule has 2 unspecified atom stereocenters. The summed E-state index contributed by atoms with van der Waals surface area (Å²) in [7, 11) is 0. The van der Waals surface area contributed by atoms with Gasteiger partial charge in [0.05, 0.1) is 18.6 Å². The molecular formula is C11H18O3. The predicted octanol–water partition coefficient (Wildman–Crippen LogP) is 2.08. The maximum absolute atomic E-state index is 10.8.